The van der Waals surface area contributed by atoms with Gasteiger partial charge in [0.1, 0.15) is 11.5 Å². The Labute approximate surface area is 129 Å². The van der Waals surface area contributed by atoms with E-state index in [-0.39, 0.29) is 5.91 Å². The number of furan rings is 1. The van der Waals surface area contributed by atoms with Crippen molar-refractivity contribution in [2.45, 2.75) is 6.92 Å². The molecule has 5 nitrogen and oxygen atoms in total. The molecule has 0 saturated carbocycles. The molecular formula is C14H10ClN3O2S. The number of aryl methyl sites for hydroxylation is 1. The second-order valence-corrected chi connectivity index (χ2v) is 5.86. The quantitative estimate of drug-likeness (QED) is 0.792. The highest BCUT2D eigenvalue weighted by Gasteiger charge is 2.17. The first-order chi connectivity index (χ1) is 10.1. The van der Waals surface area contributed by atoms with Crippen molar-refractivity contribution in [3.63, 3.8) is 0 Å². The molecule has 1 N–H and O–H groups in total. The molecule has 0 atom stereocenters. The summed E-state index contributed by atoms with van der Waals surface area (Å²) in [6.07, 6.45) is 3.04. The number of carbonyl (C=O) groups excluding carboxylic acids is 1. The number of carbonyl (C=O) groups is 1. The van der Waals surface area contributed by atoms with Gasteiger partial charge in [-0.15, -0.1) is 11.3 Å². The average Bonchev–Trinajstić information content (AvgIpc) is 3.10. The Bertz CT molecular complexity index is 766. The van der Waals surface area contributed by atoms with Gasteiger partial charge in [0.2, 0.25) is 0 Å². The van der Waals surface area contributed by atoms with E-state index in [2.05, 4.69) is 15.3 Å². The maximum atomic E-state index is 12.2. The fourth-order valence-corrected chi connectivity index (χ4v) is 2.73. The van der Waals surface area contributed by atoms with Crippen molar-refractivity contribution in [3.8, 4) is 10.8 Å². The molecule has 0 aliphatic carbocycles. The Kier molecular flexibility index (Phi) is 3.72. The summed E-state index contributed by atoms with van der Waals surface area (Å²) in [6, 6.07) is 6.88. The van der Waals surface area contributed by atoms with E-state index in [9.17, 15) is 4.79 Å². The van der Waals surface area contributed by atoms with E-state index in [1.807, 2.05) is 6.92 Å². The van der Waals surface area contributed by atoms with Gasteiger partial charge in [0.15, 0.2) is 10.8 Å². The number of amides is 1. The Morgan fingerprint density at radius 3 is 2.90 bits per heavy atom. The van der Waals surface area contributed by atoms with Crippen molar-refractivity contribution < 1.29 is 9.21 Å². The molecule has 0 fully saturated rings. The molecule has 0 saturated heterocycles. The third-order valence-electron chi connectivity index (χ3n) is 2.71. The monoisotopic (exact) mass is 319 g/mol. The van der Waals surface area contributed by atoms with Crippen molar-refractivity contribution in [2.24, 2.45) is 0 Å². The van der Waals surface area contributed by atoms with Gasteiger partial charge in [0.05, 0.1) is 11.3 Å². The Morgan fingerprint density at radius 1 is 1.38 bits per heavy atom. The number of hydrogen-bond donors (Lipinski definition) is 1. The average molecular weight is 320 g/mol. The lowest BCUT2D eigenvalue weighted by Crippen LogP contribution is -2.14. The summed E-state index contributed by atoms with van der Waals surface area (Å²) >= 11 is 7.16. The highest BCUT2D eigenvalue weighted by atomic mass is 35.5. The van der Waals surface area contributed by atoms with Crippen LogP contribution in [0.2, 0.25) is 5.02 Å². The first-order valence-corrected chi connectivity index (χ1v) is 7.27. The summed E-state index contributed by atoms with van der Waals surface area (Å²) in [6.45, 7) is 1.84. The number of pyridine rings is 1. The minimum absolute atomic E-state index is 0.309. The zero-order chi connectivity index (χ0) is 14.8. The molecule has 7 heteroatoms. The van der Waals surface area contributed by atoms with Crippen LogP contribution in [-0.2, 0) is 0 Å². The largest absolute Gasteiger partial charge is 0.462 e. The first-order valence-electron chi connectivity index (χ1n) is 6.07. The number of rotatable bonds is 3. The predicted molar refractivity (Wildman–Crippen MR) is 81.8 cm³/mol. The molecular weight excluding hydrogens is 310 g/mol. The molecule has 0 bridgehead atoms. The lowest BCUT2D eigenvalue weighted by molar-refractivity contribution is 0.102. The predicted octanol–water partition coefficient (Wildman–Crippen LogP) is 4.01. The van der Waals surface area contributed by atoms with Gasteiger partial charge < -0.3 is 9.73 Å². The molecule has 106 valence electrons. The summed E-state index contributed by atoms with van der Waals surface area (Å²) in [5.74, 6) is 0.763. The van der Waals surface area contributed by atoms with E-state index in [1.54, 1.807) is 30.5 Å². The second-order valence-electron chi connectivity index (χ2n) is 4.22. The molecule has 0 radical (unpaired) electrons. The van der Waals surface area contributed by atoms with E-state index in [1.165, 1.54) is 17.5 Å². The number of aromatic nitrogens is 2. The van der Waals surface area contributed by atoms with E-state index in [4.69, 9.17) is 16.0 Å². The molecule has 1 amide bonds. The minimum atomic E-state index is -0.309. The zero-order valence-electron chi connectivity index (χ0n) is 11.0. The third kappa shape index (κ3) is 2.96. The summed E-state index contributed by atoms with van der Waals surface area (Å²) in [5, 5.41) is 3.87. The summed E-state index contributed by atoms with van der Waals surface area (Å²) in [5.41, 5.74) is 0.364. The number of nitrogens with zero attached hydrogens (tertiary/aromatic N) is 2. The van der Waals surface area contributed by atoms with Crippen molar-refractivity contribution in [1.29, 1.82) is 0 Å². The lowest BCUT2D eigenvalue weighted by atomic mass is 10.3. The number of anilines is 1. The maximum absolute atomic E-state index is 12.2. The number of thiazole rings is 1. The van der Waals surface area contributed by atoms with Crippen molar-refractivity contribution in [3.05, 3.63) is 52.3 Å². The summed E-state index contributed by atoms with van der Waals surface area (Å²) in [7, 11) is 0. The molecule has 3 rings (SSSR count). The SMILES string of the molecule is Cc1sc(-c2ccco2)nc1C(=O)Nc1ccc(Cl)cn1. The van der Waals surface area contributed by atoms with Gasteiger partial charge in [0.25, 0.3) is 5.91 Å². The van der Waals surface area contributed by atoms with E-state index in [0.717, 1.165) is 4.88 Å². The van der Waals surface area contributed by atoms with Crippen molar-refractivity contribution >= 4 is 34.7 Å². The fraction of sp³-hybridized carbons (Fsp3) is 0.0714. The molecule has 0 aliphatic rings. The highest BCUT2D eigenvalue weighted by molar-refractivity contribution is 7.15. The molecule has 21 heavy (non-hydrogen) atoms. The van der Waals surface area contributed by atoms with Crippen LogP contribution in [0.3, 0.4) is 0 Å². The Hall–Kier alpha value is -2.18. The van der Waals surface area contributed by atoms with E-state index < -0.39 is 0 Å². The lowest BCUT2D eigenvalue weighted by Gasteiger charge is -2.02. The molecule has 0 unspecified atom stereocenters. The van der Waals surface area contributed by atoms with Gasteiger partial charge in [-0.1, -0.05) is 11.6 Å². The molecule has 3 aromatic rings. The van der Waals surface area contributed by atoms with Gasteiger partial charge in [-0.25, -0.2) is 9.97 Å². The highest BCUT2D eigenvalue weighted by Crippen LogP contribution is 2.28. The smallest absolute Gasteiger partial charge is 0.276 e. The summed E-state index contributed by atoms with van der Waals surface area (Å²) < 4.78 is 5.29. The molecule has 0 aliphatic heterocycles. The van der Waals surface area contributed by atoms with Crippen LogP contribution in [0.15, 0.2) is 41.1 Å². The van der Waals surface area contributed by atoms with Gasteiger partial charge >= 0.3 is 0 Å². The molecule has 3 heterocycles. The number of hydrogen-bond acceptors (Lipinski definition) is 5. The van der Waals surface area contributed by atoms with Gasteiger partial charge in [-0.3, -0.25) is 4.79 Å². The van der Waals surface area contributed by atoms with E-state index >= 15 is 0 Å². The summed E-state index contributed by atoms with van der Waals surface area (Å²) in [4.78, 5) is 21.4. The van der Waals surface area contributed by atoms with Gasteiger partial charge in [-0.05, 0) is 31.2 Å². The second kappa shape index (κ2) is 5.67. The normalized spacial score (nSPS) is 10.6. The maximum Gasteiger partial charge on any atom is 0.276 e. The van der Waals surface area contributed by atoms with Crippen LogP contribution in [0.1, 0.15) is 15.4 Å². The van der Waals surface area contributed by atoms with Crippen LogP contribution < -0.4 is 5.32 Å². The first kappa shape index (κ1) is 13.8. The molecule has 3 aromatic heterocycles. The number of halogens is 1. The minimum Gasteiger partial charge on any atom is -0.462 e. The number of nitrogens with one attached hydrogen (secondary N) is 1. The molecule has 0 spiro atoms. The van der Waals surface area contributed by atoms with Crippen LogP contribution >= 0.6 is 22.9 Å². The Morgan fingerprint density at radius 2 is 2.24 bits per heavy atom. The molecule has 0 aromatic carbocycles. The zero-order valence-corrected chi connectivity index (χ0v) is 12.5. The van der Waals surface area contributed by atoms with Crippen LogP contribution in [0.4, 0.5) is 5.82 Å². The topological polar surface area (TPSA) is 68.0 Å². The van der Waals surface area contributed by atoms with Gasteiger partial charge in [0, 0.05) is 11.1 Å². The van der Waals surface area contributed by atoms with Crippen molar-refractivity contribution in [2.75, 3.05) is 5.32 Å². The Balaban J connectivity index is 1.83. The van der Waals surface area contributed by atoms with Crippen LogP contribution in [0, 0.1) is 6.92 Å². The van der Waals surface area contributed by atoms with E-state index in [0.29, 0.717) is 27.3 Å². The van der Waals surface area contributed by atoms with Gasteiger partial charge in [-0.2, -0.15) is 0 Å². The van der Waals surface area contributed by atoms with Crippen LogP contribution in [0.25, 0.3) is 10.8 Å². The van der Waals surface area contributed by atoms with Crippen LogP contribution in [-0.4, -0.2) is 15.9 Å². The van der Waals surface area contributed by atoms with Crippen LogP contribution in [0.5, 0.6) is 0 Å². The van der Waals surface area contributed by atoms with Crippen molar-refractivity contribution in [1.82, 2.24) is 9.97 Å². The third-order valence-corrected chi connectivity index (χ3v) is 3.92. The fourth-order valence-electron chi connectivity index (χ4n) is 1.74. The standard InChI is InChI=1S/C14H10ClN3O2S/c1-8-12(18-14(21-8)10-3-2-6-20-10)13(19)17-11-5-4-9(15)7-16-11/h2-7H,1H3,(H,16,17,19).